The lowest BCUT2D eigenvalue weighted by Crippen LogP contribution is -2.39. The summed E-state index contributed by atoms with van der Waals surface area (Å²) in [6.45, 7) is 2.95. The van der Waals surface area contributed by atoms with Crippen LogP contribution in [0.15, 0.2) is 30.3 Å². The van der Waals surface area contributed by atoms with Crippen LogP contribution in [0, 0.1) is 6.92 Å². The molecule has 3 heterocycles. The van der Waals surface area contributed by atoms with Crippen molar-refractivity contribution in [3.05, 3.63) is 51.5 Å². The van der Waals surface area contributed by atoms with Crippen molar-refractivity contribution in [1.82, 2.24) is 14.9 Å². The summed E-state index contributed by atoms with van der Waals surface area (Å²) in [4.78, 5) is 33.4. The Kier molecular flexibility index (Phi) is 4.94. The Morgan fingerprint density at radius 2 is 1.97 bits per heavy atom. The van der Waals surface area contributed by atoms with E-state index in [4.69, 9.17) is 0 Å². The molecule has 1 amide bonds. The fourth-order valence-electron chi connectivity index (χ4n) is 3.59. The summed E-state index contributed by atoms with van der Waals surface area (Å²) in [5.74, 6) is -1.44. The zero-order valence-corrected chi connectivity index (χ0v) is 16.4. The number of hydrogen-bond donors (Lipinski definition) is 1. The number of alkyl halides is 3. The summed E-state index contributed by atoms with van der Waals surface area (Å²) in [5.41, 5.74) is 2.93. The van der Waals surface area contributed by atoms with Crippen molar-refractivity contribution in [2.24, 2.45) is 0 Å². The molecule has 3 aromatic rings. The number of rotatable bonds is 3. The number of thiophene rings is 1. The lowest BCUT2D eigenvalue weighted by atomic mass is 9.97. The number of carbonyl (C=O) groups is 2. The van der Waals surface area contributed by atoms with Gasteiger partial charge in [-0.05, 0) is 49.6 Å². The number of ketones is 1. The van der Waals surface area contributed by atoms with Gasteiger partial charge in [0.2, 0.25) is 0 Å². The number of imidazole rings is 1. The molecule has 5 nitrogen and oxygen atoms in total. The van der Waals surface area contributed by atoms with E-state index in [2.05, 4.69) is 9.97 Å². The Balaban J connectivity index is 1.51. The van der Waals surface area contributed by atoms with E-state index in [1.54, 1.807) is 4.90 Å². The van der Waals surface area contributed by atoms with E-state index >= 15 is 0 Å². The highest BCUT2D eigenvalue weighted by Gasteiger charge is 2.40. The molecule has 1 aromatic carbocycles. The average molecular weight is 421 g/mol. The number of nitrogens with zero attached hydrogens (tertiary/aromatic N) is 2. The van der Waals surface area contributed by atoms with Crippen LogP contribution in [0.1, 0.15) is 49.5 Å². The Labute approximate surface area is 168 Å². The molecule has 9 heteroatoms. The summed E-state index contributed by atoms with van der Waals surface area (Å²) in [7, 11) is 0. The topological polar surface area (TPSA) is 66.1 Å². The third-order valence-corrected chi connectivity index (χ3v) is 6.12. The van der Waals surface area contributed by atoms with E-state index in [1.807, 2.05) is 25.1 Å². The number of Topliss-reactive ketones (excluding diaryl/α,β-unsaturated/α-hetero) is 1. The van der Waals surface area contributed by atoms with Gasteiger partial charge in [0.1, 0.15) is 5.82 Å². The Morgan fingerprint density at radius 3 is 2.72 bits per heavy atom. The van der Waals surface area contributed by atoms with Crippen molar-refractivity contribution in [2.45, 2.75) is 31.9 Å². The normalized spacial score (nSPS) is 17.7. The first-order valence-corrected chi connectivity index (χ1v) is 10.0. The third-order valence-electron chi connectivity index (χ3n) is 5.05. The molecule has 1 unspecified atom stereocenters. The van der Waals surface area contributed by atoms with Crippen LogP contribution in [0.3, 0.4) is 0 Å². The average Bonchev–Trinajstić information content (AvgIpc) is 3.33. The summed E-state index contributed by atoms with van der Waals surface area (Å²) >= 11 is 0.588. The molecule has 1 aliphatic heterocycles. The molecule has 0 bridgehead atoms. The Morgan fingerprint density at radius 1 is 1.21 bits per heavy atom. The van der Waals surface area contributed by atoms with Crippen LogP contribution in [0.5, 0.6) is 0 Å². The number of fused-ring (bicyclic) bond motifs is 1. The van der Waals surface area contributed by atoms with Crippen LogP contribution >= 0.6 is 11.3 Å². The molecular weight excluding hydrogens is 403 g/mol. The van der Waals surface area contributed by atoms with Crippen LogP contribution < -0.4 is 0 Å². The quantitative estimate of drug-likeness (QED) is 0.624. The minimum absolute atomic E-state index is 0.0247. The number of halogens is 3. The number of aryl methyl sites for hydroxylation is 1. The predicted octanol–water partition coefficient (Wildman–Crippen LogP) is 4.70. The van der Waals surface area contributed by atoms with Gasteiger partial charge in [0, 0.05) is 19.0 Å². The zero-order chi connectivity index (χ0) is 20.8. The fraction of sp³-hybridized carbons (Fsp3) is 0.350. The number of amides is 1. The van der Waals surface area contributed by atoms with E-state index in [0.717, 1.165) is 41.3 Å². The number of aromatic amines is 1. The largest absolute Gasteiger partial charge is 0.455 e. The third kappa shape index (κ3) is 3.91. The van der Waals surface area contributed by atoms with Crippen LogP contribution in [-0.2, 0) is 0 Å². The number of hydrogen-bond acceptors (Lipinski definition) is 4. The lowest BCUT2D eigenvalue weighted by molar-refractivity contribution is -0.0882. The number of piperidine rings is 1. The molecule has 152 valence electrons. The zero-order valence-electron chi connectivity index (χ0n) is 15.5. The van der Waals surface area contributed by atoms with Gasteiger partial charge in [0.05, 0.1) is 20.8 Å². The molecule has 1 fully saturated rings. The lowest BCUT2D eigenvalue weighted by Gasteiger charge is -2.31. The van der Waals surface area contributed by atoms with Gasteiger partial charge in [-0.3, -0.25) is 9.59 Å². The standard InChI is InChI=1S/C20H18F3N3O2S/c1-11-4-5-13-14(9-11)25-18(24-13)12-3-2-8-26(10-12)19(28)16-7-6-15(29-16)17(27)20(21,22)23/h4-7,9,12H,2-3,8,10H2,1H3,(H,24,25). The van der Waals surface area contributed by atoms with Gasteiger partial charge in [0.15, 0.2) is 0 Å². The first-order chi connectivity index (χ1) is 13.7. The minimum Gasteiger partial charge on any atom is -0.342 e. The first-order valence-electron chi connectivity index (χ1n) is 9.19. The second-order valence-electron chi connectivity index (χ2n) is 7.22. The fourth-order valence-corrected chi connectivity index (χ4v) is 4.53. The van der Waals surface area contributed by atoms with Crippen molar-refractivity contribution in [2.75, 3.05) is 13.1 Å². The van der Waals surface area contributed by atoms with Gasteiger partial charge in [0.25, 0.3) is 11.7 Å². The SMILES string of the molecule is Cc1ccc2nc(C3CCCN(C(=O)c4ccc(C(=O)C(F)(F)F)s4)C3)[nH]c2c1. The van der Waals surface area contributed by atoms with E-state index in [0.29, 0.717) is 24.4 Å². The molecule has 4 rings (SSSR count). The minimum atomic E-state index is -4.94. The summed E-state index contributed by atoms with van der Waals surface area (Å²) in [6, 6.07) is 8.31. The first kappa shape index (κ1) is 19.6. The van der Waals surface area contributed by atoms with Crippen LogP contribution in [0.2, 0.25) is 0 Å². The van der Waals surface area contributed by atoms with Gasteiger partial charge in [-0.15, -0.1) is 11.3 Å². The van der Waals surface area contributed by atoms with E-state index in [1.165, 1.54) is 6.07 Å². The highest BCUT2D eigenvalue weighted by molar-refractivity contribution is 7.16. The summed E-state index contributed by atoms with van der Waals surface area (Å²) in [6.07, 6.45) is -3.31. The highest BCUT2D eigenvalue weighted by Crippen LogP contribution is 2.30. The molecule has 0 saturated carbocycles. The van der Waals surface area contributed by atoms with Crippen LogP contribution in [0.25, 0.3) is 11.0 Å². The number of carbonyl (C=O) groups excluding carboxylic acids is 2. The smallest absolute Gasteiger partial charge is 0.342 e. The van der Waals surface area contributed by atoms with Crippen LogP contribution in [0.4, 0.5) is 13.2 Å². The second kappa shape index (κ2) is 7.29. The van der Waals surface area contributed by atoms with Gasteiger partial charge in [-0.2, -0.15) is 13.2 Å². The van der Waals surface area contributed by atoms with Gasteiger partial charge < -0.3 is 9.88 Å². The Hall–Kier alpha value is -2.68. The second-order valence-corrected chi connectivity index (χ2v) is 8.31. The molecule has 0 aliphatic carbocycles. The Bertz CT molecular complexity index is 1090. The maximum Gasteiger partial charge on any atom is 0.455 e. The number of nitrogens with one attached hydrogen (secondary N) is 1. The van der Waals surface area contributed by atoms with E-state index < -0.39 is 16.8 Å². The van der Waals surface area contributed by atoms with Crippen molar-refractivity contribution in [3.8, 4) is 0 Å². The molecule has 0 spiro atoms. The molecule has 2 aromatic heterocycles. The van der Waals surface area contributed by atoms with Crippen molar-refractivity contribution >= 4 is 34.1 Å². The van der Waals surface area contributed by atoms with Gasteiger partial charge in [-0.1, -0.05) is 6.07 Å². The van der Waals surface area contributed by atoms with E-state index in [9.17, 15) is 22.8 Å². The van der Waals surface area contributed by atoms with Crippen molar-refractivity contribution < 1.29 is 22.8 Å². The predicted molar refractivity (Wildman–Crippen MR) is 103 cm³/mol. The van der Waals surface area contributed by atoms with Gasteiger partial charge >= 0.3 is 6.18 Å². The van der Waals surface area contributed by atoms with Crippen molar-refractivity contribution in [1.29, 1.82) is 0 Å². The summed E-state index contributed by atoms with van der Waals surface area (Å²) in [5, 5.41) is 0. The van der Waals surface area contributed by atoms with Crippen LogP contribution in [-0.4, -0.2) is 45.8 Å². The number of H-pyrrole nitrogens is 1. The number of aromatic nitrogens is 2. The molecular formula is C20H18F3N3O2S. The maximum absolute atomic E-state index is 12.8. The van der Waals surface area contributed by atoms with Crippen molar-refractivity contribution in [3.63, 3.8) is 0 Å². The molecule has 1 N–H and O–H groups in total. The summed E-state index contributed by atoms with van der Waals surface area (Å²) < 4.78 is 37.8. The molecule has 1 aliphatic rings. The maximum atomic E-state index is 12.8. The monoisotopic (exact) mass is 421 g/mol. The number of likely N-dealkylation sites (tertiary alicyclic amines) is 1. The molecule has 1 saturated heterocycles. The van der Waals surface area contributed by atoms with E-state index in [-0.39, 0.29) is 16.7 Å². The number of benzene rings is 1. The highest BCUT2D eigenvalue weighted by atomic mass is 32.1. The molecule has 0 radical (unpaired) electrons. The van der Waals surface area contributed by atoms with Gasteiger partial charge in [-0.25, -0.2) is 4.98 Å². The molecule has 29 heavy (non-hydrogen) atoms. The molecule has 1 atom stereocenters.